The molecule has 0 spiro atoms. The van der Waals surface area contributed by atoms with Crippen LogP contribution in [-0.2, 0) is 0 Å². The number of hydrogen-bond acceptors (Lipinski definition) is 3. The average molecular weight is 146 g/mol. The third-order valence-electron chi connectivity index (χ3n) is 1.68. The number of nitrogens with two attached hydrogens (primary N) is 1. The number of hydrogen-bond donors (Lipinski definition) is 3. The molecule has 0 bridgehead atoms. The topological polar surface area (TPSA) is 58.3 Å². The van der Waals surface area contributed by atoms with Crippen molar-refractivity contribution in [2.45, 2.75) is 38.6 Å². The Hall–Kier alpha value is -0.120. The summed E-state index contributed by atoms with van der Waals surface area (Å²) in [7, 11) is 0. The minimum atomic E-state index is 0.256. The predicted octanol–water partition coefficient (Wildman–Crippen LogP) is 0.873. The molecule has 0 aliphatic heterocycles. The largest absolute Gasteiger partial charge is 0.330 e. The number of rotatable bonds is 6. The summed E-state index contributed by atoms with van der Waals surface area (Å²) >= 11 is 0. The highest BCUT2D eigenvalue weighted by atomic mass is 16.5. The fraction of sp³-hybridized carbons (Fsp3) is 1.00. The Kier molecular flexibility index (Phi) is 6.91. The molecule has 0 fully saturated rings. The molecule has 0 heterocycles. The van der Waals surface area contributed by atoms with E-state index in [2.05, 4.69) is 12.4 Å². The second kappa shape index (κ2) is 6.99. The highest BCUT2D eigenvalue weighted by Gasteiger charge is 2.01. The van der Waals surface area contributed by atoms with E-state index in [-0.39, 0.29) is 6.04 Å². The predicted molar refractivity (Wildman–Crippen MR) is 41.9 cm³/mol. The zero-order chi connectivity index (χ0) is 7.82. The van der Waals surface area contributed by atoms with Gasteiger partial charge < -0.3 is 10.9 Å². The molecular weight excluding hydrogens is 128 g/mol. The fourth-order valence-electron chi connectivity index (χ4n) is 0.895. The Balaban J connectivity index is 3.09. The van der Waals surface area contributed by atoms with E-state index < -0.39 is 0 Å². The summed E-state index contributed by atoms with van der Waals surface area (Å²) in [6, 6.07) is 0.256. The van der Waals surface area contributed by atoms with Crippen LogP contribution < -0.4 is 11.2 Å². The minimum Gasteiger partial charge on any atom is -0.330 e. The number of nitrogens with one attached hydrogen (secondary N) is 1. The van der Waals surface area contributed by atoms with Crippen molar-refractivity contribution >= 4 is 0 Å². The van der Waals surface area contributed by atoms with Crippen molar-refractivity contribution in [3.63, 3.8) is 0 Å². The van der Waals surface area contributed by atoms with Crippen LogP contribution in [0.2, 0.25) is 0 Å². The molecule has 0 aromatic rings. The zero-order valence-electron chi connectivity index (χ0n) is 6.64. The van der Waals surface area contributed by atoms with Crippen LogP contribution in [0.15, 0.2) is 0 Å². The SMILES string of the molecule is CCC(CCCCN)NO. The van der Waals surface area contributed by atoms with Gasteiger partial charge in [0.25, 0.3) is 0 Å². The lowest BCUT2D eigenvalue weighted by Gasteiger charge is -2.10. The third-order valence-corrected chi connectivity index (χ3v) is 1.68. The summed E-state index contributed by atoms with van der Waals surface area (Å²) in [6.45, 7) is 2.80. The third kappa shape index (κ3) is 4.73. The first-order valence-corrected chi connectivity index (χ1v) is 3.94. The molecule has 1 atom stereocenters. The van der Waals surface area contributed by atoms with Crippen molar-refractivity contribution in [3.8, 4) is 0 Å². The van der Waals surface area contributed by atoms with E-state index in [0.29, 0.717) is 0 Å². The molecule has 0 aromatic heterocycles. The monoisotopic (exact) mass is 146 g/mol. The van der Waals surface area contributed by atoms with Gasteiger partial charge in [-0.3, -0.25) is 0 Å². The molecule has 0 aliphatic rings. The molecule has 62 valence electrons. The molecule has 0 saturated heterocycles. The van der Waals surface area contributed by atoms with Crippen molar-refractivity contribution in [2.75, 3.05) is 6.54 Å². The molecule has 0 radical (unpaired) electrons. The second-order valence-electron chi connectivity index (χ2n) is 2.52. The van der Waals surface area contributed by atoms with Gasteiger partial charge in [-0.15, -0.1) is 0 Å². The van der Waals surface area contributed by atoms with E-state index in [1.807, 2.05) is 0 Å². The summed E-state index contributed by atoms with van der Waals surface area (Å²) in [5.41, 5.74) is 7.58. The van der Waals surface area contributed by atoms with Crippen molar-refractivity contribution in [2.24, 2.45) is 5.73 Å². The Morgan fingerprint density at radius 2 is 2.20 bits per heavy atom. The van der Waals surface area contributed by atoms with Gasteiger partial charge in [-0.2, -0.15) is 0 Å². The van der Waals surface area contributed by atoms with Gasteiger partial charge >= 0.3 is 0 Å². The Morgan fingerprint density at radius 1 is 1.50 bits per heavy atom. The first kappa shape index (κ1) is 9.88. The smallest absolute Gasteiger partial charge is 0.0317 e. The zero-order valence-corrected chi connectivity index (χ0v) is 6.64. The van der Waals surface area contributed by atoms with Crippen molar-refractivity contribution in [1.82, 2.24) is 5.48 Å². The summed E-state index contributed by atoms with van der Waals surface area (Å²) in [5.74, 6) is 0. The molecule has 10 heavy (non-hydrogen) atoms. The normalized spacial score (nSPS) is 13.5. The number of hydroxylamine groups is 1. The van der Waals surface area contributed by atoms with Crippen LogP contribution in [0.25, 0.3) is 0 Å². The molecule has 0 amide bonds. The molecule has 0 rings (SSSR count). The number of unbranched alkanes of at least 4 members (excludes halogenated alkanes) is 1. The van der Waals surface area contributed by atoms with E-state index in [0.717, 1.165) is 32.2 Å². The van der Waals surface area contributed by atoms with E-state index >= 15 is 0 Å². The maximum atomic E-state index is 8.54. The maximum Gasteiger partial charge on any atom is 0.0317 e. The Bertz CT molecular complexity index is 64.6. The second-order valence-corrected chi connectivity index (χ2v) is 2.52. The van der Waals surface area contributed by atoms with Gasteiger partial charge in [0.2, 0.25) is 0 Å². The van der Waals surface area contributed by atoms with Gasteiger partial charge in [0.1, 0.15) is 0 Å². The van der Waals surface area contributed by atoms with Crippen LogP contribution in [0.3, 0.4) is 0 Å². The van der Waals surface area contributed by atoms with Gasteiger partial charge in [-0.25, -0.2) is 5.48 Å². The lowest BCUT2D eigenvalue weighted by atomic mass is 10.1. The molecule has 3 heteroatoms. The highest BCUT2D eigenvalue weighted by Crippen LogP contribution is 2.02. The van der Waals surface area contributed by atoms with E-state index in [1.54, 1.807) is 0 Å². The minimum absolute atomic E-state index is 0.256. The van der Waals surface area contributed by atoms with Crippen LogP contribution >= 0.6 is 0 Å². The van der Waals surface area contributed by atoms with Crippen molar-refractivity contribution in [3.05, 3.63) is 0 Å². The van der Waals surface area contributed by atoms with Crippen LogP contribution in [0.5, 0.6) is 0 Å². The van der Waals surface area contributed by atoms with Gasteiger partial charge in [-0.05, 0) is 25.8 Å². The lowest BCUT2D eigenvalue weighted by Crippen LogP contribution is -2.24. The van der Waals surface area contributed by atoms with Crippen LogP contribution in [0.4, 0.5) is 0 Å². The summed E-state index contributed by atoms with van der Waals surface area (Å²) in [4.78, 5) is 0. The Morgan fingerprint density at radius 3 is 2.60 bits per heavy atom. The summed E-state index contributed by atoms with van der Waals surface area (Å²) in [5, 5.41) is 8.54. The standard InChI is InChI=1S/C7H18N2O/c1-2-7(9-10)5-3-4-6-8/h7,9-10H,2-6,8H2,1H3. The summed E-state index contributed by atoms with van der Waals surface area (Å²) in [6.07, 6.45) is 4.14. The van der Waals surface area contributed by atoms with Gasteiger partial charge in [0.15, 0.2) is 0 Å². The van der Waals surface area contributed by atoms with Crippen molar-refractivity contribution < 1.29 is 5.21 Å². The van der Waals surface area contributed by atoms with Gasteiger partial charge in [0.05, 0.1) is 0 Å². The average Bonchev–Trinajstić information content (AvgIpc) is 1.99. The van der Waals surface area contributed by atoms with Crippen LogP contribution in [-0.4, -0.2) is 17.8 Å². The first-order valence-electron chi connectivity index (χ1n) is 3.94. The highest BCUT2D eigenvalue weighted by molar-refractivity contribution is 4.58. The molecular formula is C7H18N2O. The van der Waals surface area contributed by atoms with E-state index in [1.165, 1.54) is 0 Å². The van der Waals surface area contributed by atoms with Gasteiger partial charge in [0, 0.05) is 6.04 Å². The quantitative estimate of drug-likeness (QED) is 0.385. The molecule has 0 saturated carbocycles. The Labute approximate surface area is 62.6 Å². The van der Waals surface area contributed by atoms with E-state index in [9.17, 15) is 0 Å². The first-order chi connectivity index (χ1) is 4.85. The molecule has 0 aromatic carbocycles. The summed E-state index contributed by atoms with van der Waals surface area (Å²) < 4.78 is 0. The fourth-order valence-corrected chi connectivity index (χ4v) is 0.895. The maximum absolute atomic E-state index is 8.54. The lowest BCUT2D eigenvalue weighted by molar-refractivity contribution is 0.118. The molecule has 4 N–H and O–H groups in total. The van der Waals surface area contributed by atoms with Crippen LogP contribution in [0.1, 0.15) is 32.6 Å². The van der Waals surface area contributed by atoms with Crippen molar-refractivity contribution in [1.29, 1.82) is 0 Å². The molecule has 3 nitrogen and oxygen atoms in total. The molecule has 1 unspecified atom stereocenters. The van der Waals surface area contributed by atoms with E-state index in [4.69, 9.17) is 10.9 Å². The van der Waals surface area contributed by atoms with Crippen LogP contribution in [0, 0.1) is 0 Å². The molecule has 0 aliphatic carbocycles. The van der Waals surface area contributed by atoms with Gasteiger partial charge in [-0.1, -0.05) is 13.3 Å².